The van der Waals surface area contributed by atoms with Crippen molar-refractivity contribution >= 4 is 17.6 Å². The summed E-state index contributed by atoms with van der Waals surface area (Å²) in [4.78, 5) is 31.8. The maximum Gasteiger partial charge on any atom is 0.330 e. The Labute approximate surface area is 95.9 Å². The second kappa shape index (κ2) is 4.92. The monoisotopic (exact) mass is 238 g/mol. The third-order valence-corrected chi connectivity index (χ3v) is 1.95. The Kier molecular flexibility index (Phi) is 3.60. The van der Waals surface area contributed by atoms with Crippen LogP contribution in [0.25, 0.3) is 0 Å². The molecule has 0 saturated heterocycles. The number of carbonyl (C=O) groups excluding carboxylic acids is 2. The molecule has 0 unspecified atom stereocenters. The van der Waals surface area contributed by atoms with Crippen LogP contribution in [0.2, 0.25) is 0 Å². The molecular weight excluding hydrogens is 228 g/mol. The van der Waals surface area contributed by atoms with E-state index >= 15 is 0 Å². The van der Waals surface area contributed by atoms with Crippen molar-refractivity contribution < 1.29 is 14.5 Å². The maximum atomic E-state index is 11.4. The SMILES string of the molecule is Cc1cc(C(=O)NNC(N)=O)ccc1[N+](=O)[O-]. The first kappa shape index (κ1) is 12.4. The highest BCUT2D eigenvalue weighted by Crippen LogP contribution is 2.18. The lowest BCUT2D eigenvalue weighted by molar-refractivity contribution is -0.385. The van der Waals surface area contributed by atoms with Gasteiger partial charge in [-0.25, -0.2) is 10.2 Å². The Morgan fingerprint density at radius 2 is 2.00 bits per heavy atom. The molecule has 3 amide bonds. The van der Waals surface area contributed by atoms with Crippen LogP contribution in [0, 0.1) is 17.0 Å². The van der Waals surface area contributed by atoms with Gasteiger partial charge in [-0.2, -0.15) is 0 Å². The molecule has 8 heteroatoms. The molecule has 17 heavy (non-hydrogen) atoms. The number of nitro benzene ring substituents is 1. The molecule has 0 radical (unpaired) electrons. The van der Waals surface area contributed by atoms with Crippen molar-refractivity contribution in [3.63, 3.8) is 0 Å². The number of hydrazine groups is 1. The van der Waals surface area contributed by atoms with Crippen LogP contribution in [-0.4, -0.2) is 16.9 Å². The summed E-state index contributed by atoms with van der Waals surface area (Å²) >= 11 is 0. The molecule has 0 aliphatic heterocycles. The number of primary amides is 1. The van der Waals surface area contributed by atoms with Gasteiger partial charge in [-0.05, 0) is 19.1 Å². The van der Waals surface area contributed by atoms with E-state index in [1.807, 2.05) is 10.9 Å². The zero-order valence-electron chi connectivity index (χ0n) is 8.89. The fourth-order valence-electron chi connectivity index (χ4n) is 1.19. The minimum absolute atomic E-state index is 0.0792. The van der Waals surface area contributed by atoms with Crippen molar-refractivity contribution in [3.8, 4) is 0 Å². The van der Waals surface area contributed by atoms with Gasteiger partial charge in [-0.3, -0.25) is 20.3 Å². The van der Waals surface area contributed by atoms with Crippen LogP contribution in [0.5, 0.6) is 0 Å². The molecule has 4 N–H and O–H groups in total. The lowest BCUT2D eigenvalue weighted by atomic mass is 10.1. The largest absolute Gasteiger partial charge is 0.350 e. The van der Waals surface area contributed by atoms with E-state index in [0.717, 1.165) is 0 Å². The van der Waals surface area contributed by atoms with Crippen molar-refractivity contribution in [2.45, 2.75) is 6.92 Å². The molecule has 1 rings (SSSR count). The second-order valence-electron chi connectivity index (χ2n) is 3.20. The highest BCUT2D eigenvalue weighted by Gasteiger charge is 2.13. The van der Waals surface area contributed by atoms with E-state index in [4.69, 9.17) is 5.73 Å². The number of urea groups is 1. The van der Waals surface area contributed by atoms with Gasteiger partial charge in [0, 0.05) is 17.2 Å². The van der Waals surface area contributed by atoms with E-state index in [1.54, 1.807) is 0 Å². The fourth-order valence-corrected chi connectivity index (χ4v) is 1.19. The highest BCUT2D eigenvalue weighted by atomic mass is 16.6. The summed E-state index contributed by atoms with van der Waals surface area (Å²) < 4.78 is 0. The summed E-state index contributed by atoms with van der Waals surface area (Å²) in [6.07, 6.45) is 0. The van der Waals surface area contributed by atoms with Gasteiger partial charge in [0.2, 0.25) is 0 Å². The third kappa shape index (κ3) is 3.16. The van der Waals surface area contributed by atoms with Gasteiger partial charge in [0.05, 0.1) is 4.92 Å². The van der Waals surface area contributed by atoms with Crippen molar-refractivity contribution in [3.05, 3.63) is 39.4 Å². The number of nitro groups is 1. The molecule has 1 aromatic rings. The molecule has 0 aliphatic rings. The number of hydrogen-bond donors (Lipinski definition) is 3. The molecule has 0 spiro atoms. The van der Waals surface area contributed by atoms with Crippen LogP contribution < -0.4 is 16.6 Å². The lowest BCUT2D eigenvalue weighted by Gasteiger charge is -2.05. The van der Waals surface area contributed by atoms with Crippen LogP contribution in [0.3, 0.4) is 0 Å². The maximum absolute atomic E-state index is 11.4. The predicted octanol–water partition coefficient (Wildman–Crippen LogP) is 0.216. The van der Waals surface area contributed by atoms with Crippen molar-refractivity contribution in [1.82, 2.24) is 10.9 Å². The average Bonchev–Trinajstić information content (AvgIpc) is 2.25. The van der Waals surface area contributed by atoms with Crippen LogP contribution in [0.1, 0.15) is 15.9 Å². The number of nitrogens with one attached hydrogen (secondary N) is 2. The quantitative estimate of drug-likeness (QED) is 0.502. The first-order valence-corrected chi connectivity index (χ1v) is 4.52. The van der Waals surface area contributed by atoms with Crippen molar-refractivity contribution in [2.24, 2.45) is 5.73 Å². The molecule has 0 heterocycles. The van der Waals surface area contributed by atoms with E-state index in [0.29, 0.717) is 5.56 Å². The fraction of sp³-hybridized carbons (Fsp3) is 0.111. The number of carbonyl (C=O) groups is 2. The Balaban J connectivity index is 2.86. The van der Waals surface area contributed by atoms with Gasteiger partial charge in [-0.15, -0.1) is 0 Å². The molecule has 8 nitrogen and oxygen atoms in total. The number of rotatable bonds is 2. The second-order valence-corrected chi connectivity index (χ2v) is 3.20. The zero-order chi connectivity index (χ0) is 13.0. The number of nitrogens with two attached hydrogens (primary N) is 1. The number of amides is 3. The summed E-state index contributed by atoms with van der Waals surface area (Å²) in [7, 11) is 0. The summed E-state index contributed by atoms with van der Waals surface area (Å²) in [6, 6.07) is 2.94. The highest BCUT2D eigenvalue weighted by molar-refractivity contribution is 5.95. The van der Waals surface area contributed by atoms with Gasteiger partial charge in [-0.1, -0.05) is 0 Å². The van der Waals surface area contributed by atoms with Gasteiger partial charge < -0.3 is 5.73 Å². The summed E-state index contributed by atoms with van der Waals surface area (Å²) in [5.41, 5.74) is 9.16. The topological polar surface area (TPSA) is 127 Å². The summed E-state index contributed by atoms with van der Waals surface area (Å²) in [5.74, 6) is -0.609. The predicted molar refractivity (Wildman–Crippen MR) is 58.0 cm³/mol. The standard InChI is InChI=1S/C9H10N4O4/c1-5-4-6(2-3-7(5)13(16)17)8(14)11-12-9(10)15/h2-4H,1H3,(H,11,14)(H3,10,12,15). The van der Waals surface area contributed by atoms with Crippen molar-refractivity contribution in [1.29, 1.82) is 0 Å². The molecular formula is C9H10N4O4. The van der Waals surface area contributed by atoms with Crippen LogP contribution in [0.4, 0.5) is 10.5 Å². The van der Waals surface area contributed by atoms with E-state index in [-0.39, 0.29) is 11.3 Å². The van der Waals surface area contributed by atoms with Crippen molar-refractivity contribution in [2.75, 3.05) is 0 Å². The minimum Gasteiger partial charge on any atom is -0.350 e. The molecule has 0 atom stereocenters. The molecule has 0 fully saturated rings. The number of nitrogens with zero attached hydrogens (tertiary/aromatic N) is 1. The van der Waals surface area contributed by atoms with Crippen LogP contribution in [0.15, 0.2) is 18.2 Å². The molecule has 0 saturated carbocycles. The van der Waals surface area contributed by atoms with E-state index in [9.17, 15) is 19.7 Å². The molecule has 0 aliphatic carbocycles. The minimum atomic E-state index is -0.906. The van der Waals surface area contributed by atoms with Crippen LogP contribution in [-0.2, 0) is 0 Å². The summed E-state index contributed by atoms with van der Waals surface area (Å²) in [5, 5.41) is 10.5. The number of benzene rings is 1. The third-order valence-electron chi connectivity index (χ3n) is 1.95. The number of hydrogen-bond acceptors (Lipinski definition) is 4. The number of aryl methyl sites for hydroxylation is 1. The molecule has 0 bridgehead atoms. The van der Waals surface area contributed by atoms with E-state index in [1.165, 1.54) is 25.1 Å². The van der Waals surface area contributed by atoms with Gasteiger partial charge in [0.15, 0.2) is 0 Å². The first-order chi connectivity index (χ1) is 7.91. The van der Waals surface area contributed by atoms with Gasteiger partial charge >= 0.3 is 6.03 Å². The Bertz CT molecular complexity index is 486. The smallest absolute Gasteiger partial charge is 0.330 e. The normalized spacial score (nSPS) is 9.47. The van der Waals surface area contributed by atoms with Gasteiger partial charge in [0.25, 0.3) is 11.6 Å². The zero-order valence-corrected chi connectivity index (χ0v) is 8.89. The van der Waals surface area contributed by atoms with Crippen LogP contribution >= 0.6 is 0 Å². The lowest BCUT2D eigenvalue weighted by Crippen LogP contribution is -2.44. The van der Waals surface area contributed by atoms with E-state index in [2.05, 4.69) is 0 Å². The Morgan fingerprint density at radius 3 is 2.47 bits per heavy atom. The Hall–Kier alpha value is -2.64. The first-order valence-electron chi connectivity index (χ1n) is 4.52. The molecule has 0 aromatic heterocycles. The summed E-state index contributed by atoms with van der Waals surface area (Å²) in [6.45, 7) is 1.51. The molecule has 1 aromatic carbocycles. The Morgan fingerprint density at radius 1 is 1.35 bits per heavy atom. The molecule has 90 valence electrons. The van der Waals surface area contributed by atoms with Gasteiger partial charge in [0.1, 0.15) is 0 Å². The average molecular weight is 238 g/mol. The van der Waals surface area contributed by atoms with E-state index < -0.39 is 16.9 Å².